The molecule has 25 heavy (non-hydrogen) atoms. The highest BCUT2D eigenvalue weighted by molar-refractivity contribution is 6.03. The van der Waals surface area contributed by atoms with Crippen LogP contribution in [0.2, 0.25) is 0 Å². The number of imide groups is 1. The number of carbonyl (C=O) groups excluding carboxylic acids is 3. The molecule has 3 amide bonds. The summed E-state index contributed by atoms with van der Waals surface area (Å²) in [6.45, 7) is 3.48. The van der Waals surface area contributed by atoms with Crippen LogP contribution in [-0.2, 0) is 16.0 Å². The molecule has 0 aliphatic carbocycles. The maximum Gasteiger partial charge on any atom is 0.253 e. The zero-order valence-corrected chi connectivity index (χ0v) is 14.5. The topological polar surface area (TPSA) is 92.5 Å². The van der Waals surface area contributed by atoms with E-state index in [1.165, 1.54) is 0 Å². The van der Waals surface area contributed by atoms with Crippen molar-refractivity contribution < 1.29 is 14.4 Å². The largest absolute Gasteiger partial charge is 0.338 e. The number of hydrogen-bond donors (Lipinski definition) is 2. The summed E-state index contributed by atoms with van der Waals surface area (Å²) in [6.07, 6.45) is 2.82. The molecule has 0 saturated carbocycles. The third-order valence-electron chi connectivity index (χ3n) is 5.24. The number of nitrogens with zero attached hydrogens (tertiary/aromatic N) is 1. The van der Waals surface area contributed by atoms with Crippen LogP contribution in [0.4, 0.5) is 0 Å². The minimum Gasteiger partial charge on any atom is -0.338 e. The Morgan fingerprint density at radius 1 is 1.32 bits per heavy atom. The monoisotopic (exact) mass is 343 g/mol. The maximum atomic E-state index is 12.7. The Balaban J connectivity index is 1.62. The number of rotatable bonds is 4. The summed E-state index contributed by atoms with van der Waals surface area (Å²) < 4.78 is 0. The van der Waals surface area contributed by atoms with Crippen molar-refractivity contribution in [2.45, 2.75) is 38.6 Å². The molecule has 1 aromatic rings. The number of nitrogens with one attached hydrogen (secondary N) is 1. The van der Waals surface area contributed by atoms with Gasteiger partial charge in [0.25, 0.3) is 5.91 Å². The maximum absolute atomic E-state index is 12.7. The molecule has 0 bridgehead atoms. The molecule has 3 unspecified atom stereocenters. The molecule has 6 nitrogen and oxygen atoms in total. The minimum atomic E-state index is -0.303. The van der Waals surface area contributed by atoms with Crippen LogP contribution in [0.25, 0.3) is 0 Å². The molecule has 2 fully saturated rings. The van der Waals surface area contributed by atoms with E-state index < -0.39 is 0 Å². The summed E-state index contributed by atoms with van der Waals surface area (Å²) in [4.78, 5) is 37.5. The number of carbonyl (C=O) groups is 3. The molecule has 2 aliphatic heterocycles. The lowest BCUT2D eigenvalue weighted by Crippen LogP contribution is -2.45. The van der Waals surface area contributed by atoms with Gasteiger partial charge >= 0.3 is 0 Å². The van der Waals surface area contributed by atoms with Gasteiger partial charge in [0.2, 0.25) is 11.8 Å². The number of amides is 3. The Morgan fingerprint density at radius 2 is 2.04 bits per heavy atom. The van der Waals surface area contributed by atoms with Gasteiger partial charge in [-0.05, 0) is 49.8 Å². The first-order chi connectivity index (χ1) is 11.9. The molecule has 0 radical (unpaired) electrons. The molecule has 3 N–H and O–H groups in total. The van der Waals surface area contributed by atoms with E-state index in [4.69, 9.17) is 5.73 Å². The third-order valence-corrected chi connectivity index (χ3v) is 5.24. The predicted molar refractivity (Wildman–Crippen MR) is 93.7 cm³/mol. The van der Waals surface area contributed by atoms with E-state index in [1.807, 2.05) is 36.1 Å². The number of piperidine rings is 1. The standard InChI is InChI=1S/C19H25N3O3/c1-12(20)15-3-2-8-22(11-15)19(25)14-6-4-13(5-7-14)9-16-10-17(23)21-18(16)24/h4-7,12,15-16H,2-3,8-11,20H2,1H3,(H,21,23,24). The Bertz CT molecular complexity index is 669. The van der Waals surface area contributed by atoms with Gasteiger partial charge in [0.15, 0.2) is 0 Å². The Hall–Kier alpha value is -2.21. The molecule has 2 aliphatic rings. The summed E-state index contributed by atoms with van der Waals surface area (Å²) in [5.41, 5.74) is 7.60. The van der Waals surface area contributed by atoms with Crippen LogP contribution in [0.3, 0.4) is 0 Å². The average Bonchev–Trinajstić information content (AvgIpc) is 2.92. The molecule has 2 heterocycles. The van der Waals surface area contributed by atoms with Crippen LogP contribution in [0.5, 0.6) is 0 Å². The van der Waals surface area contributed by atoms with Gasteiger partial charge in [0, 0.05) is 31.1 Å². The zero-order chi connectivity index (χ0) is 18.0. The molecule has 1 aromatic carbocycles. The van der Waals surface area contributed by atoms with Crippen LogP contribution in [0, 0.1) is 11.8 Å². The van der Waals surface area contributed by atoms with Crippen molar-refractivity contribution in [3.8, 4) is 0 Å². The highest BCUT2D eigenvalue weighted by atomic mass is 16.2. The second-order valence-corrected chi connectivity index (χ2v) is 7.23. The Labute approximate surface area is 147 Å². The second-order valence-electron chi connectivity index (χ2n) is 7.23. The molecule has 3 atom stereocenters. The van der Waals surface area contributed by atoms with Crippen LogP contribution >= 0.6 is 0 Å². The van der Waals surface area contributed by atoms with Gasteiger partial charge in [-0.3, -0.25) is 19.7 Å². The van der Waals surface area contributed by atoms with Gasteiger partial charge < -0.3 is 10.6 Å². The second kappa shape index (κ2) is 7.35. The van der Waals surface area contributed by atoms with E-state index in [9.17, 15) is 14.4 Å². The van der Waals surface area contributed by atoms with Gasteiger partial charge in [-0.25, -0.2) is 0 Å². The number of hydrogen-bond acceptors (Lipinski definition) is 4. The van der Waals surface area contributed by atoms with Gasteiger partial charge in [-0.2, -0.15) is 0 Å². The Kier molecular flexibility index (Phi) is 5.18. The smallest absolute Gasteiger partial charge is 0.253 e. The van der Waals surface area contributed by atoms with Crippen molar-refractivity contribution in [3.05, 3.63) is 35.4 Å². The van der Waals surface area contributed by atoms with Gasteiger partial charge in [0.1, 0.15) is 0 Å². The molecule has 0 aromatic heterocycles. The first-order valence-electron chi connectivity index (χ1n) is 8.91. The van der Waals surface area contributed by atoms with Crippen LogP contribution in [0.15, 0.2) is 24.3 Å². The molecule has 3 rings (SSSR count). The molecular formula is C19H25N3O3. The van der Waals surface area contributed by atoms with E-state index in [-0.39, 0.29) is 36.1 Å². The number of likely N-dealkylation sites (tertiary alicyclic amines) is 1. The van der Waals surface area contributed by atoms with E-state index in [0.717, 1.165) is 24.9 Å². The van der Waals surface area contributed by atoms with Crippen molar-refractivity contribution in [2.24, 2.45) is 17.6 Å². The molecule has 6 heteroatoms. The lowest BCUT2D eigenvalue weighted by atomic mass is 9.91. The molecule has 0 spiro atoms. The molecule has 2 saturated heterocycles. The first kappa shape index (κ1) is 17.6. The summed E-state index contributed by atoms with van der Waals surface area (Å²) in [5.74, 6) is -0.333. The van der Waals surface area contributed by atoms with Crippen molar-refractivity contribution in [1.29, 1.82) is 0 Å². The lowest BCUT2D eigenvalue weighted by Gasteiger charge is -2.34. The van der Waals surface area contributed by atoms with E-state index in [1.54, 1.807) is 0 Å². The van der Waals surface area contributed by atoms with Gasteiger partial charge in [0.05, 0.1) is 5.92 Å². The third kappa shape index (κ3) is 4.07. The summed E-state index contributed by atoms with van der Waals surface area (Å²) in [6, 6.07) is 7.45. The Morgan fingerprint density at radius 3 is 2.64 bits per heavy atom. The van der Waals surface area contributed by atoms with Crippen molar-refractivity contribution >= 4 is 17.7 Å². The predicted octanol–water partition coefficient (Wildman–Crippen LogP) is 1.09. The average molecular weight is 343 g/mol. The first-order valence-corrected chi connectivity index (χ1v) is 8.91. The van der Waals surface area contributed by atoms with Crippen molar-refractivity contribution in [3.63, 3.8) is 0 Å². The van der Waals surface area contributed by atoms with Crippen molar-refractivity contribution in [1.82, 2.24) is 10.2 Å². The number of nitrogens with two attached hydrogens (primary N) is 1. The quantitative estimate of drug-likeness (QED) is 0.801. The normalized spacial score (nSPS) is 25.0. The number of benzene rings is 1. The fourth-order valence-corrected chi connectivity index (χ4v) is 3.65. The fourth-order valence-electron chi connectivity index (χ4n) is 3.65. The van der Waals surface area contributed by atoms with E-state index >= 15 is 0 Å². The molecule has 134 valence electrons. The van der Waals surface area contributed by atoms with E-state index in [0.29, 0.717) is 24.4 Å². The SMILES string of the molecule is CC(N)C1CCCN(C(=O)c2ccc(CC3CC(=O)NC3=O)cc2)C1. The lowest BCUT2D eigenvalue weighted by molar-refractivity contribution is -0.125. The van der Waals surface area contributed by atoms with Gasteiger partial charge in [-0.15, -0.1) is 0 Å². The summed E-state index contributed by atoms with van der Waals surface area (Å²) in [7, 11) is 0. The zero-order valence-electron chi connectivity index (χ0n) is 14.5. The van der Waals surface area contributed by atoms with Crippen LogP contribution in [-0.4, -0.2) is 41.8 Å². The van der Waals surface area contributed by atoms with Crippen molar-refractivity contribution in [2.75, 3.05) is 13.1 Å². The fraction of sp³-hybridized carbons (Fsp3) is 0.526. The van der Waals surface area contributed by atoms with Crippen LogP contribution < -0.4 is 11.1 Å². The highest BCUT2D eigenvalue weighted by Crippen LogP contribution is 2.22. The summed E-state index contributed by atoms with van der Waals surface area (Å²) in [5, 5.41) is 2.32. The van der Waals surface area contributed by atoms with E-state index in [2.05, 4.69) is 5.32 Å². The summed E-state index contributed by atoms with van der Waals surface area (Å²) >= 11 is 0. The van der Waals surface area contributed by atoms with Crippen LogP contribution in [0.1, 0.15) is 42.1 Å². The highest BCUT2D eigenvalue weighted by Gasteiger charge is 2.30. The minimum absolute atomic E-state index is 0.0330. The molecular weight excluding hydrogens is 318 g/mol. The van der Waals surface area contributed by atoms with Gasteiger partial charge in [-0.1, -0.05) is 12.1 Å².